The van der Waals surface area contributed by atoms with Gasteiger partial charge in [-0.15, -0.1) is 0 Å². The highest BCUT2D eigenvalue weighted by molar-refractivity contribution is 5.90. The predicted molar refractivity (Wildman–Crippen MR) is 92.2 cm³/mol. The summed E-state index contributed by atoms with van der Waals surface area (Å²) in [5, 5.41) is 11.3. The minimum absolute atomic E-state index is 0.00473. The van der Waals surface area contributed by atoms with Crippen molar-refractivity contribution in [2.24, 2.45) is 0 Å². The molecule has 0 N–H and O–H groups in total. The number of carbonyl (C=O) groups excluding carboxylic acids is 1. The smallest absolute Gasteiger partial charge is 0.414 e. The van der Waals surface area contributed by atoms with E-state index in [-0.39, 0.29) is 17.5 Å². The van der Waals surface area contributed by atoms with E-state index in [1.807, 2.05) is 0 Å². The summed E-state index contributed by atoms with van der Waals surface area (Å²) >= 11 is 0. The Bertz CT molecular complexity index is 635. The molecule has 0 aromatic heterocycles. The minimum atomic E-state index is -0.698. The Balaban J connectivity index is 2.24. The number of anilines is 1. The van der Waals surface area contributed by atoms with Crippen molar-refractivity contribution >= 4 is 17.5 Å². The molecule has 1 aliphatic heterocycles. The van der Waals surface area contributed by atoms with Crippen LogP contribution in [0.4, 0.5) is 16.2 Å². The number of hydrogen-bond donors (Lipinski definition) is 0. The van der Waals surface area contributed by atoms with Gasteiger partial charge in [-0.25, -0.2) is 4.79 Å². The van der Waals surface area contributed by atoms with Crippen LogP contribution in [0.2, 0.25) is 0 Å². The van der Waals surface area contributed by atoms with E-state index in [0.29, 0.717) is 19.0 Å². The quantitative estimate of drug-likeness (QED) is 0.608. The van der Waals surface area contributed by atoms with Crippen LogP contribution in [0.25, 0.3) is 0 Å². The van der Waals surface area contributed by atoms with Crippen molar-refractivity contribution in [3.05, 3.63) is 28.3 Å². The van der Waals surface area contributed by atoms with Crippen molar-refractivity contribution in [2.75, 3.05) is 25.2 Å². The summed E-state index contributed by atoms with van der Waals surface area (Å²) in [5.74, 6) is 0.475. The highest BCUT2D eigenvalue weighted by Crippen LogP contribution is 2.33. The number of rotatable bonds is 4. The molecule has 1 fully saturated rings. The molecular formula is C17H24N2O6. The number of nitro groups is 1. The first-order chi connectivity index (χ1) is 11.7. The van der Waals surface area contributed by atoms with Crippen LogP contribution in [-0.2, 0) is 9.47 Å². The maximum atomic E-state index is 12.3. The van der Waals surface area contributed by atoms with Gasteiger partial charge in [-0.1, -0.05) is 0 Å². The molecule has 25 heavy (non-hydrogen) atoms. The van der Waals surface area contributed by atoms with E-state index >= 15 is 0 Å². The molecule has 138 valence electrons. The maximum Gasteiger partial charge on any atom is 0.414 e. The van der Waals surface area contributed by atoms with Crippen molar-refractivity contribution in [3.8, 4) is 5.75 Å². The monoisotopic (exact) mass is 352 g/mol. The summed E-state index contributed by atoms with van der Waals surface area (Å²) in [5.41, 5.74) is -0.757. The van der Waals surface area contributed by atoms with Crippen LogP contribution in [0.5, 0.6) is 5.75 Å². The van der Waals surface area contributed by atoms with Crippen molar-refractivity contribution in [1.82, 2.24) is 0 Å². The van der Waals surface area contributed by atoms with Gasteiger partial charge in [0.2, 0.25) is 0 Å². The summed E-state index contributed by atoms with van der Waals surface area (Å²) in [6.45, 7) is 6.46. The highest BCUT2D eigenvalue weighted by Gasteiger charge is 2.27. The van der Waals surface area contributed by atoms with E-state index in [1.165, 1.54) is 19.2 Å². The first-order valence-corrected chi connectivity index (χ1v) is 8.17. The number of nitro benzene ring substituents is 1. The topological polar surface area (TPSA) is 91.1 Å². The average molecular weight is 352 g/mol. The van der Waals surface area contributed by atoms with Gasteiger partial charge in [0.15, 0.2) is 0 Å². The molecule has 0 bridgehead atoms. The summed E-state index contributed by atoms with van der Waals surface area (Å²) in [6.07, 6.45) is 0.844. The van der Waals surface area contributed by atoms with Crippen LogP contribution in [0.15, 0.2) is 18.2 Å². The lowest BCUT2D eigenvalue weighted by Crippen LogP contribution is -2.34. The molecule has 0 atom stereocenters. The second kappa shape index (κ2) is 7.69. The number of carbonyl (C=O) groups is 1. The summed E-state index contributed by atoms with van der Waals surface area (Å²) in [6, 6.07) is 4.38. The molecule has 1 saturated heterocycles. The second-order valence-electron chi connectivity index (χ2n) is 6.88. The van der Waals surface area contributed by atoms with Crippen molar-refractivity contribution < 1.29 is 23.9 Å². The molecule has 1 amide bonds. The number of nitrogens with zero attached hydrogens (tertiary/aromatic N) is 2. The lowest BCUT2D eigenvalue weighted by molar-refractivity contribution is -0.384. The Morgan fingerprint density at radius 3 is 2.52 bits per heavy atom. The summed E-state index contributed by atoms with van der Waals surface area (Å²) < 4.78 is 16.5. The number of amides is 1. The molecule has 8 nitrogen and oxygen atoms in total. The third-order valence-electron chi connectivity index (χ3n) is 3.64. The summed E-state index contributed by atoms with van der Waals surface area (Å²) in [4.78, 5) is 24.2. The zero-order valence-corrected chi connectivity index (χ0v) is 15.0. The molecule has 0 spiro atoms. The van der Waals surface area contributed by atoms with Crippen molar-refractivity contribution in [1.29, 1.82) is 0 Å². The SMILES string of the molecule is CN(C(=O)OC(C)(C)C)c1cc(OC2CCOCC2)ccc1[N+](=O)[O-]. The van der Waals surface area contributed by atoms with Crippen LogP contribution in [0.3, 0.4) is 0 Å². The van der Waals surface area contributed by atoms with E-state index in [9.17, 15) is 14.9 Å². The lowest BCUT2D eigenvalue weighted by Gasteiger charge is -2.26. The standard InChI is InChI=1S/C17H24N2O6/c1-17(2,3)25-16(20)18(4)15-11-13(5-6-14(15)19(21)22)24-12-7-9-23-10-8-12/h5-6,11-12H,7-10H2,1-4H3. The van der Waals surface area contributed by atoms with Crippen molar-refractivity contribution in [2.45, 2.75) is 45.3 Å². The van der Waals surface area contributed by atoms with Crippen LogP contribution in [0, 0.1) is 10.1 Å². The van der Waals surface area contributed by atoms with E-state index < -0.39 is 16.6 Å². The Labute approximate surface area is 146 Å². The van der Waals surface area contributed by atoms with E-state index in [1.54, 1.807) is 26.8 Å². The van der Waals surface area contributed by atoms with Gasteiger partial charge in [0, 0.05) is 32.0 Å². The predicted octanol–water partition coefficient (Wildman–Crippen LogP) is 3.52. The van der Waals surface area contributed by atoms with Crippen LogP contribution >= 0.6 is 0 Å². The van der Waals surface area contributed by atoms with Gasteiger partial charge in [0.05, 0.1) is 18.1 Å². The fraction of sp³-hybridized carbons (Fsp3) is 0.588. The molecule has 0 unspecified atom stereocenters. The first-order valence-electron chi connectivity index (χ1n) is 8.17. The van der Waals surface area contributed by atoms with Gasteiger partial charge >= 0.3 is 6.09 Å². The van der Waals surface area contributed by atoms with Gasteiger partial charge in [0.25, 0.3) is 5.69 Å². The molecule has 0 saturated carbocycles. The van der Waals surface area contributed by atoms with E-state index in [0.717, 1.165) is 17.7 Å². The zero-order valence-electron chi connectivity index (χ0n) is 15.0. The van der Waals surface area contributed by atoms with Gasteiger partial charge in [0.1, 0.15) is 23.1 Å². The molecule has 8 heteroatoms. The van der Waals surface area contributed by atoms with E-state index in [4.69, 9.17) is 14.2 Å². The van der Waals surface area contributed by atoms with Gasteiger partial charge in [-0.3, -0.25) is 15.0 Å². The summed E-state index contributed by atoms with van der Waals surface area (Å²) in [7, 11) is 1.44. The fourth-order valence-electron chi connectivity index (χ4n) is 2.41. The van der Waals surface area contributed by atoms with Gasteiger partial charge in [-0.05, 0) is 26.8 Å². The van der Waals surface area contributed by atoms with Crippen LogP contribution in [0.1, 0.15) is 33.6 Å². The number of hydrogen-bond acceptors (Lipinski definition) is 6. The lowest BCUT2D eigenvalue weighted by atomic mass is 10.1. The van der Waals surface area contributed by atoms with Gasteiger partial charge < -0.3 is 14.2 Å². The average Bonchev–Trinajstić information content (AvgIpc) is 2.53. The Morgan fingerprint density at radius 2 is 1.96 bits per heavy atom. The second-order valence-corrected chi connectivity index (χ2v) is 6.88. The normalized spacial score (nSPS) is 15.5. The molecule has 0 aliphatic carbocycles. The molecule has 0 radical (unpaired) electrons. The molecule has 1 aliphatic rings. The molecule has 1 heterocycles. The molecule has 1 aromatic carbocycles. The Kier molecular flexibility index (Phi) is 5.84. The maximum absolute atomic E-state index is 12.3. The highest BCUT2D eigenvalue weighted by atomic mass is 16.6. The van der Waals surface area contributed by atoms with Crippen LogP contribution < -0.4 is 9.64 Å². The minimum Gasteiger partial charge on any atom is -0.490 e. The number of benzene rings is 1. The third-order valence-corrected chi connectivity index (χ3v) is 3.64. The molecular weight excluding hydrogens is 328 g/mol. The fourth-order valence-corrected chi connectivity index (χ4v) is 2.41. The molecule has 1 aromatic rings. The third kappa shape index (κ3) is 5.32. The van der Waals surface area contributed by atoms with Crippen molar-refractivity contribution in [3.63, 3.8) is 0 Å². The zero-order chi connectivity index (χ0) is 18.6. The Morgan fingerprint density at radius 1 is 1.32 bits per heavy atom. The largest absolute Gasteiger partial charge is 0.490 e. The van der Waals surface area contributed by atoms with E-state index in [2.05, 4.69) is 0 Å². The Hall–Kier alpha value is -2.35. The van der Waals surface area contributed by atoms with Crippen LogP contribution in [-0.4, -0.2) is 43.0 Å². The van der Waals surface area contributed by atoms with Gasteiger partial charge in [-0.2, -0.15) is 0 Å². The molecule has 2 rings (SSSR count). The number of ether oxygens (including phenoxy) is 3. The first kappa shape index (κ1) is 19.0.